The summed E-state index contributed by atoms with van der Waals surface area (Å²) in [4.78, 5) is 0. The maximum Gasteiger partial charge on any atom is 0.432 e. The van der Waals surface area contributed by atoms with E-state index >= 15 is 0 Å². The predicted octanol–water partition coefficient (Wildman–Crippen LogP) is 7.43. The maximum atomic E-state index is 14.9. The van der Waals surface area contributed by atoms with E-state index in [0.717, 1.165) is 6.42 Å². The quantitative estimate of drug-likeness (QED) is 0.216. The van der Waals surface area contributed by atoms with Gasteiger partial charge in [0.25, 0.3) is 0 Å². The fourth-order valence-electron chi connectivity index (χ4n) is 4.80. The first-order valence-electron chi connectivity index (χ1n) is 11.9. The van der Waals surface area contributed by atoms with Crippen molar-refractivity contribution in [3.8, 4) is 16.9 Å². The van der Waals surface area contributed by atoms with Crippen LogP contribution in [0.2, 0.25) is 0 Å². The summed E-state index contributed by atoms with van der Waals surface area (Å²) >= 11 is 0. The van der Waals surface area contributed by atoms with Crippen molar-refractivity contribution in [3.63, 3.8) is 0 Å². The predicted molar refractivity (Wildman–Crippen MR) is 119 cm³/mol. The van der Waals surface area contributed by atoms with E-state index in [1.54, 1.807) is 0 Å². The van der Waals surface area contributed by atoms with Crippen LogP contribution in [-0.4, -0.2) is 19.8 Å². The van der Waals surface area contributed by atoms with E-state index in [9.17, 15) is 39.5 Å². The van der Waals surface area contributed by atoms with Crippen LogP contribution in [0.4, 0.5) is 39.5 Å². The van der Waals surface area contributed by atoms with E-state index in [2.05, 4.69) is 4.74 Å². The minimum atomic E-state index is -4.79. The number of halogens is 9. The summed E-state index contributed by atoms with van der Waals surface area (Å²) in [6, 6.07) is 2.01. The molecule has 3 saturated heterocycles. The van der Waals surface area contributed by atoms with Gasteiger partial charge in [0.05, 0.1) is 25.4 Å². The summed E-state index contributed by atoms with van der Waals surface area (Å²) in [6.07, 6.45) is -3.29. The van der Waals surface area contributed by atoms with Crippen molar-refractivity contribution in [2.24, 2.45) is 5.41 Å². The molecule has 0 unspecified atom stereocenters. The zero-order chi connectivity index (χ0) is 29.0. The first kappa shape index (κ1) is 28.2. The third kappa shape index (κ3) is 4.79. The molecule has 3 fully saturated rings. The molecule has 4 nitrogen and oxygen atoms in total. The molecule has 40 heavy (non-hydrogen) atoms. The van der Waals surface area contributed by atoms with Gasteiger partial charge in [0.2, 0.25) is 0 Å². The van der Waals surface area contributed by atoms with Gasteiger partial charge in [-0.2, -0.15) is 8.78 Å². The van der Waals surface area contributed by atoms with Gasteiger partial charge >= 0.3 is 12.1 Å². The molecule has 0 spiro atoms. The summed E-state index contributed by atoms with van der Waals surface area (Å²) < 4.78 is 150. The first-order valence-corrected chi connectivity index (χ1v) is 11.9. The largest absolute Gasteiger partial charge is 0.432 e. The number of hydrogen-bond donors (Lipinski definition) is 0. The van der Waals surface area contributed by atoms with Gasteiger partial charge in [0, 0.05) is 23.1 Å². The van der Waals surface area contributed by atoms with Crippen molar-refractivity contribution in [2.45, 2.75) is 31.8 Å². The molecular formula is C27H19F9O4. The molecule has 2 bridgehead atoms. The van der Waals surface area contributed by atoms with Crippen LogP contribution in [0.5, 0.6) is 5.75 Å². The molecule has 3 aliphatic rings. The first-order chi connectivity index (χ1) is 18.8. The van der Waals surface area contributed by atoms with Gasteiger partial charge in [-0.15, -0.1) is 0 Å². The number of rotatable bonds is 7. The Hall–Kier alpha value is -3.29. The number of ether oxygens (including phenoxy) is 4. The minimum Gasteiger partial charge on any atom is -0.429 e. The Labute approximate surface area is 221 Å². The summed E-state index contributed by atoms with van der Waals surface area (Å²) in [6.45, 7) is 2.39. The Morgan fingerprint density at radius 1 is 0.725 bits per heavy atom. The molecule has 13 heteroatoms. The van der Waals surface area contributed by atoms with E-state index in [4.69, 9.17) is 14.2 Å². The highest BCUT2D eigenvalue weighted by Crippen LogP contribution is 2.47. The fourth-order valence-corrected chi connectivity index (χ4v) is 4.80. The van der Waals surface area contributed by atoms with E-state index in [1.165, 1.54) is 0 Å². The zero-order valence-corrected chi connectivity index (χ0v) is 20.5. The smallest absolute Gasteiger partial charge is 0.429 e. The molecule has 0 saturated carbocycles. The molecule has 0 N–H and O–H groups in total. The molecule has 0 amide bonds. The van der Waals surface area contributed by atoms with Crippen LogP contribution in [0, 0.1) is 46.1 Å². The lowest BCUT2D eigenvalue weighted by atomic mass is 9.83. The van der Waals surface area contributed by atoms with E-state index < -0.39 is 80.7 Å². The van der Waals surface area contributed by atoms with Crippen molar-refractivity contribution in [1.29, 1.82) is 0 Å². The molecule has 6 rings (SSSR count). The van der Waals surface area contributed by atoms with Gasteiger partial charge in [0.1, 0.15) is 34.6 Å². The normalized spacial score (nSPS) is 22.6. The average molecular weight is 578 g/mol. The Kier molecular flexibility index (Phi) is 7.04. The molecular weight excluding hydrogens is 559 g/mol. The summed E-state index contributed by atoms with van der Waals surface area (Å²) in [5.74, 6) is -15.5. The second-order valence-corrected chi connectivity index (χ2v) is 9.62. The van der Waals surface area contributed by atoms with Crippen molar-refractivity contribution in [3.05, 3.63) is 88.2 Å². The monoisotopic (exact) mass is 578 g/mol. The fraction of sp³-hybridized carbons (Fsp3) is 0.333. The molecule has 3 heterocycles. The lowest BCUT2D eigenvalue weighted by Gasteiger charge is -2.51. The van der Waals surface area contributed by atoms with Crippen LogP contribution in [0.25, 0.3) is 11.1 Å². The number of fused-ring (bicyclic) bond motifs is 3. The summed E-state index contributed by atoms with van der Waals surface area (Å²) in [5.41, 5.74) is -4.55. The van der Waals surface area contributed by atoms with Crippen molar-refractivity contribution >= 4 is 0 Å². The van der Waals surface area contributed by atoms with Gasteiger partial charge in [-0.25, -0.2) is 30.7 Å². The Balaban J connectivity index is 1.42. The standard InChI is InChI=1S/C27H19F9O4/c1-2-3-25-10-37-27(38-11-25,39-12-25)14-6-18(30)23(19(31)7-14)26(35,36)40-15-8-16(28)22(17(29)9-15)13-4-20(32)24(34)21(33)5-13/h4-9H,2-3,10-12H2,1H3. The Bertz CT molecular complexity index is 1380. The highest BCUT2D eigenvalue weighted by molar-refractivity contribution is 5.66. The molecule has 0 radical (unpaired) electrons. The van der Waals surface area contributed by atoms with E-state index in [0.29, 0.717) is 30.7 Å². The van der Waals surface area contributed by atoms with E-state index in [-0.39, 0.29) is 37.5 Å². The highest BCUT2D eigenvalue weighted by atomic mass is 19.3. The molecule has 0 aliphatic carbocycles. The SMILES string of the molecule is CCCC12COC(c3cc(F)c(C(F)(F)Oc4cc(F)c(-c5cc(F)c(F)c(F)c5)c(F)c4)c(F)c3)(OC1)OC2. The molecule has 0 aromatic heterocycles. The number of alkyl halides is 2. The van der Waals surface area contributed by atoms with Crippen molar-refractivity contribution < 1.29 is 58.5 Å². The molecule has 3 aliphatic heterocycles. The lowest BCUT2D eigenvalue weighted by Crippen LogP contribution is -2.58. The third-order valence-electron chi connectivity index (χ3n) is 6.71. The van der Waals surface area contributed by atoms with Crippen molar-refractivity contribution in [2.75, 3.05) is 19.8 Å². The minimum absolute atomic E-state index is 0.148. The van der Waals surface area contributed by atoms with Crippen LogP contribution < -0.4 is 4.74 Å². The Morgan fingerprint density at radius 3 is 1.70 bits per heavy atom. The molecule has 3 aromatic rings. The van der Waals surface area contributed by atoms with E-state index in [1.807, 2.05) is 6.92 Å². The summed E-state index contributed by atoms with van der Waals surface area (Å²) in [5, 5.41) is 0. The van der Waals surface area contributed by atoms with Gasteiger partial charge in [-0.05, 0) is 36.2 Å². The second-order valence-electron chi connectivity index (χ2n) is 9.62. The lowest BCUT2D eigenvalue weighted by molar-refractivity contribution is -0.480. The van der Waals surface area contributed by atoms with Gasteiger partial charge in [-0.3, -0.25) is 0 Å². The Morgan fingerprint density at radius 2 is 1.23 bits per heavy atom. The number of benzene rings is 3. The van der Waals surface area contributed by atoms with Crippen LogP contribution >= 0.6 is 0 Å². The third-order valence-corrected chi connectivity index (χ3v) is 6.71. The van der Waals surface area contributed by atoms with Crippen LogP contribution in [0.3, 0.4) is 0 Å². The van der Waals surface area contributed by atoms with Gasteiger partial charge in [-0.1, -0.05) is 13.3 Å². The van der Waals surface area contributed by atoms with Crippen LogP contribution in [0.1, 0.15) is 30.9 Å². The maximum absolute atomic E-state index is 14.9. The molecule has 0 atom stereocenters. The summed E-state index contributed by atoms with van der Waals surface area (Å²) in [7, 11) is 0. The molecule has 214 valence electrons. The molecule has 3 aromatic carbocycles. The van der Waals surface area contributed by atoms with Crippen molar-refractivity contribution in [1.82, 2.24) is 0 Å². The zero-order valence-electron chi connectivity index (χ0n) is 20.5. The van der Waals surface area contributed by atoms with Crippen LogP contribution in [-0.2, 0) is 26.3 Å². The van der Waals surface area contributed by atoms with Gasteiger partial charge < -0.3 is 18.9 Å². The second kappa shape index (κ2) is 9.96. The van der Waals surface area contributed by atoms with Crippen LogP contribution in [0.15, 0.2) is 36.4 Å². The highest BCUT2D eigenvalue weighted by Gasteiger charge is 2.54. The average Bonchev–Trinajstić information content (AvgIpc) is 2.87. The number of hydrogen-bond acceptors (Lipinski definition) is 4. The topological polar surface area (TPSA) is 36.9 Å². The van der Waals surface area contributed by atoms with Gasteiger partial charge in [0.15, 0.2) is 17.5 Å².